The molecule has 5 nitrogen and oxygen atoms in total. The van der Waals surface area contributed by atoms with Crippen molar-refractivity contribution in [3.63, 3.8) is 0 Å². The summed E-state index contributed by atoms with van der Waals surface area (Å²) in [5, 5.41) is 8.70. The first-order chi connectivity index (χ1) is 8.67. The molecule has 0 aromatic carbocycles. The largest absolute Gasteiger partial charge is 0.573 e. The third-order valence-electron chi connectivity index (χ3n) is 2.02. The fourth-order valence-electron chi connectivity index (χ4n) is 1.32. The molecule has 0 saturated carbocycles. The predicted octanol–water partition coefficient (Wildman–Crippen LogP) is 2.07. The van der Waals surface area contributed by atoms with E-state index >= 15 is 0 Å². The molecule has 0 spiro atoms. The number of hydrogen-bond acceptors (Lipinski definition) is 4. The van der Waals surface area contributed by atoms with Crippen molar-refractivity contribution in [3.05, 3.63) is 23.0 Å². The number of carboxylic acid groups (broad SMARTS) is 1. The quantitative estimate of drug-likeness (QED) is 0.828. The van der Waals surface area contributed by atoms with Gasteiger partial charge in [-0.25, -0.2) is 13.6 Å². The molecule has 0 saturated heterocycles. The van der Waals surface area contributed by atoms with Gasteiger partial charge < -0.3 is 15.6 Å². The lowest BCUT2D eigenvalue weighted by Crippen LogP contribution is -2.22. The second-order valence-electron chi connectivity index (χ2n) is 3.22. The fraction of sp³-hybridized carbons (Fsp3) is 0.333. The highest BCUT2D eigenvalue weighted by atomic mass is 19.4. The zero-order valence-electron chi connectivity index (χ0n) is 9.04. The van der Waals surface area contributed by atoms with Gasteiger partial charge in [0.2, 0.25) is 0 Å². The number of ether oxygens (including phenoxy) is 1. The van der Waals surface area contributed by atoms with Crippen molar-refractivity contribution in [1.29, 1.82) is 0 Å². The Kier molecular flexibility index (Phi) is 4.24. The molecule has 19 heavy (non-hydrogen) atoms. The first-order valence-electron chi connectivity index (χ1n) is 4.66. The first kappa shape index (κ1) is 15.1. The summed E-state index contributed by atoms with van der Waals surface area (Å²) in [7, 11) is 0. The summed E-state index contributed by atoms with van der Waals surface area (Å²) in [6.45, 7) is -0.779. The van der Waals surface area contributed by atoms with Gasteiger partial charge in [-0.15, -0.1) is 13.2 Å². The van der Waals surface area contributed by atoms with Crippen molar-refractivity contribution in [2.75, 3.05) is 0 Å². The molecule has 0 amide bonds. The molecule has 0 bridgehead atoms. The Balaban J connectivity index is 3.50. The molecule has 0 atom stereocenters. The molecule has 0 aliphatic carbocycles. The highest BCUT2D eigenvalue weighted by Gasteiger charge is 2.36. The van der Waals surface area contributed by atoms with E-state index in [0.29, 0.717) is 6.20 Å². The van der Waals surface area contributed by atoms with E-state index in [1.165, 1.54) is 0 Å². The average molecular weight is 286 g/mol. The second-order valence-corrected chi connectivity index (χ2v) is 3.22. The lowest BCUT2D eigenvalue weighted by atomic mass is 10.1. The highest BCUT2D eigenvalue weighted by Crippen LogP contribution is 2.34. The number of carboxylic acids is 1. The van der Waals surface area contributed by atoms with Gasteiger partial charge >= 0.3 is 12.3 Å². The lowest BCUT2D eigenvalue weighted by Gasteiger charge is -2.16. The van der Waals surface area contributed by atoms with Crippen molar-refractivity contribution in [2.24, 2.45) is 5.73 Å². The van der Waals surface area contributed by atoms with E-state index in [0.717, 1.165) is 0 Å². The molecule has 3 N–H and O–H groups in total. The van der Waals surface area contributed by atoms with E-state index in [1.54, 1.807) is 0 Å². The molecule has 0 aliphatic heterocycles. The third-order valence-corrected chi connectivity index (χ3v) is 2.02. The van der Waals surface area contributed by atoms with Gasteiger partial charge in [0.1, 0.15) is 11.3 Å². The van der Waals surface area contributed by atoms with Crippen LogP contribution in [0.25, 0.3) is 0 Å². The third kappa shape index (κ3) is 3.50. The van der Waals surface area contributed by atoms with Gasteiger partial charge in [-0.3, -0.25) is 4.98 Å². The zero-order valence-corrected chi connectivity index (χ0v) is 9.04. The van der Waals surface area contributed by atoms with Crippen LogP contribution in [0.4, 0.5) is 22.0 Å². The van der Waals surface area contributed by atoms with Gasteiger partial charge in [0.05, 0.1) is 0 Å². The van der Waals surface area contributed by atoms with Gasteiger partial charge in [0.15, 0.2) is 5.75 Å². The van der Waals surface area contributed by atoms with Gasteiger partial charge in [0, 0.05) is 18.3 Å². The monoisotopic (exact) mass is 286 g/mol. The Morgan fingerprint density at radius 3 is 2.42 bits per heavy atom. The predicted molar refractivity (Wildman–Crippen MR) is 50.7 cm³/mol. The molecule has 1 aromatic rings. The highest BCUT2D eigenvalue weighted by molar-refractivity contribution is 5.91. The van der Waals surface area contributed by atoms with E-state index < -0.39 is 47.9 Å². The van der Waals surface area contributed by atoms with Gasteiger partial charge in [-0.05, 0) is 0 Å². The standard InChI is InChI=1S/C9H7F5N2O3/c10-7(11)5-3(1-15)6(19-9(12,13)14)4(2-16-5)8(17)18/h2,7H,1,15H2,(H,17,18). The molecule has 1 rings (SSSR count). The number of carbonyl (C=O) groups is 1. The second kappa shape index (κ2) is 5.34. The normalized spacial score (nSPS) is 11.7. The molecule has 106 valence electrons. The molecule has 10 heteroatoms. The van der Waals surface area contributed by atoms with Crippen LogP contribution in [0, 0.1) is 0 Å². The number of nitrogens with zero attached hydrogens (tertiary/aromatic N) is 1. The van der Waals surface area contributed by atoms with E-state index in [2.05, 4.69) is 9.72 Å². The minimum Gasteiger partial charge on any atom is -0.477 e. The summed E-state index contributed by atoms with van der Waals surface area (Å²) < 4.78 is 65.1. The van der Waals surface area contributed by atoms with Crippen LogP contribution in [-0.4, -0.2) is 22.4 Å². The smallest absolute Gasteiger partial charge is 0.477 e. The number of rotatable bonds is 4. The SMILES string of the molecule is NCc1c(C(F)F)ncc(C(=O)O)c1OC(F)(F)F. The number of aromatic carboxylic acids is 1. The summed E-state index contributed by atoms with van der Waals surface area (Å²) in [4.78, 5) is 13.8. The molecule has 0 unspecified atom stereocenters. The van der Waals surface area contributed by atoms with Crippen LogP contribution in [0.15, 0.2) is 6.20 Å². The Bertz CT molecular complexity index is 489. The average Bonchev–Trinajstić information content (AvgIpc) is 2.25. The van der Waals surface area contributed by atoms with Crippen LogP contribution in [0.3, 0.4) is 0 Å². The van der Waals surface area contributed by atoms with E-state index in [-0.39, 0.29) is 0 Å². The lowest BCUT2D eigenvalue weighted by molar-refractivity contribution is -0.275. The summed E-state index contributed by atoms with van der Waals surface area (Å²) in [5.74, 6) is -3.07. The maximum absolute atomic E-state index is 12.6. The van der Waals surface area contributed by atoms with E-state index in [9.17, 15) is 26.7 Å². The van der Waals surface area contributed by atoms with Crippen molar-refractivity contribution < 1.29 is 36.6 Å². The summed E-state index contributed by atoms with van der Waals surface area (Å²) in [6, 6.07) is 0. The number of aromatic nitrogens is 1. The van der Waals surface area contributed by atoms with Gasteiger partial charge in [-0.2, -0.15) is 0 Å². The van der Waals surface area contributed by atoms with E-state index in [4.69, 9.17) is 10.8 Å². The number of hydrogen-bond donors (Lipinski definition) is 2. The molecule has 0 aliphatic rings. The first-order valence-corrected chi connectivity index (χ1v) is 4.66. The Labute approximate surface area is 102 Å². The zero-order chi connectivity index (χ0) is 14.8. The van der Waals surface area contributed by atoms with Crippen LogP contribution in [0.2, 0.25) is 0 Å². The van der Waals surface area contributed by atoms with Gasteiger partial charge in [-0.1, -0.05) is 0 Å². The fourth-order valence-corrected chi connectivity index (χ4v) is 1.32. The number of halogens is 5. The molecular weight excluding hydrogens is 279 g/mol. The van der Waals surface area contributed by atoms with Gasteiger partial charge in [0.25, 0.3) is 6.43 Å². The molecule has 1 heterocycles. The summed E-state index contributed by atoms with van der Waals surface area (Å²) >= 11 is 0. The van der Waals surface area contributed by atoms with Crippen LogP contribution < -0.4 is 10.5 Å². The maximum atomic E-state index is 12.6. The van der Waals surface area contributed by atoms with Crippen molar-refractivity contribution in [1.82, 2.24) is 4.98 Å². The van der Waals surface area contributed by atoms with Crippen LogP contribution >= 0.6 is 0 Å². The number of nitrogens with two attached hydrogens (primary N) is 1. The molecule has 1 aromatic heterocycles. The van der Waals surface area contributed by atoms with E-state index in [1.807, 2.05) is 0 Å². The summed E-state index contributed by atoms with van der Waals surface area (Å²) in [6.07, 6.45) is -8.09. The minimum absolute atomic E-state index is 0.365. The van der Waals surface area contributed by atoms with Crippen LogP contribution in [0.5, 0.6) is 5.75 Å². The maximum Gasteiger partial charge on any atom is 0.573 e. The Morgan fingerprint density at radius 2 is 2.05 bits per heavy atom. The minimum atomic E-state index is -5.24. The van der Waals surface area contributed by atoms with Crippen molar-refractivity contribution in [2.45, 2.75) is 19.3 Å². The number of pyridine rings is 1. The topological polar surface area (TPSA) is 85.4 Å². The van der Waals surface area contributed by atoms with Crippen LogP contribution in [-0.2, 0) is 6.54 Å². The van der Waals surface area contributed by atoms with Crippen molar-refractivity contribution in [3.8, 4) is 5.75 Å². The number of alkyl halides is 5. The Morgan fingerprint density at radius 1 is 1.47 bits per heavy atom. The van der Waals surface area contributed by atoms with Crippen LogP contribution in [0.1, 0.15) is 28.0 Å². The Hall–Kier alpha value is -1.97. The molecule has 0 fully saturated rings. The molecular formula is C9H7F5N2O3. The summed E-state index contributed by atoms with van der Waals surface area (Å²) in [5.41, 5.74) is 2.22. The van der Waals surface area contributed by atoms with Crippen molar-refractivity contribution >= 4 is 5.97 Å². The molecule has 0 radical (unpaired) electrons.